The van der Waals surface area contributed by atoms with Crippen molar-refractivity contribution in [1.82, 2.24) is 5.43 Å². The van der Waals surface area contributed by atoms with E-state index in [2.05, 4.69) is 23.5 Å². The molecule has 0 saturated heterocycles. The molecular formula is C23H24N2O3. The predicted molar refractivity (Wildman–Crippen MR) is 112 cm³/mol. The van der Waals surface area contributed by atoms with E-state index in [0.29, 0.717) is 12.4 Å². The van der Waals surface area contributed by atoms with E-state index in [1.165, 1.54) is 5.39 Å². The number of hydrogen-bond acceptors (Lipinski definition) is 4. The maximum Gasteiger partial charge on any atom is 0.277 e. The highest BCUT2D eigenvalue weighted by atomic mass is 16.5. The van der Waals surface area contributed by atoms with Crippen molar-refractivity contribution in [1.29, 1.82) is 0 Å². The Bertz CT molecular complexity index is 936. The monoisotopic (exact) mass is 376 g/mol. The highest BCUT2D eigenvalue weighted by molar-refractivity contribution is 5.90. The fourth-order valence-electron chi connectivity index (χ4n) is 2.61. The van der Waals surface area contributed by atoms with Gasteiger partial charge in [-0.2, -0.15) is 5.10 Å². The molecule has 0 saturated carbocycles. The van der Waals surface area contributed by atoms with Gasteiger partial charge in [0.25, 0.3) is 5.91 Å². The summed E-state index contributed by atoms with van der Waals surface area (Å²) in [7, 11) is 0. The van der Waals surface area contributed by atoms with Gasteiger partial charge >= 0.3 is 0 Å². The van der Waals surface area contributed by atoms with Crippen molar-refractivity contribution in [3.05, 3.63) is 72.3 Å². The topological polar surface area (TPSA) is 59.9 Å². The van der Waals surface area contributed by atoms with Gasteiger partial charge in [0.15, 0.2) is 6.61 Å². The largest absolute Gasteiger partial charge is 0.494 e. The Morgan fingerprint density at radius 3 is 2.43 bits per heavy atom. The van der Waals surface area contributed by atoms with Crippen LogP contribution in [0.2, 0.25) is 0 Å². The lowest BCUT2D eigenvalue weighted by molar-refractivity contribution is -0.123. The van der Waals surface area contributed by atoms with Gasteiger partial charge in [-0.1, -0.05) is 49.7 Å². The normalized spacial score (nSPS) is 10.9. The van der Waals surface area contributed by atoms with E-state index in [4.69, 9.17) is 9.47 Å². The average molecular weight is 376 g/mol. The molecule has 0 aliphatic heterocycles. The summed E-state index contributed by atoms with van der Waals surface area (Å²) < 4.78 is 11.1. The number of unbranched alkanes of at least 4 members (excludes halogenated alkanes) is 1. The van der Waals surface area contributed by atoms with E-state index in [0.717, 1.165) is 29.5 Å². The zero-order valence-electron chi connectivity index (χ0n) is 15.9. The number of rotatable bonds is 9. The first kappa shape index (κ1) is 19.4. The number of nitrogens with zero attached hydrogens (tertiary/aromatic N) is 1. The zero-order chi connectivity index (χ0) is 19.6. The van der Waals surface area contributed by atoms with Gasteiger partial charge in [-0.05, 0) is 53.1 Å². The van der Waals surface area contributed by atoms with Gasteiger partial charge in [0.05, 0.1) is 12.8 Å². The van der Waals surface area contributed by atoms with Gasteiger partial charge in [-0.25, -0.2) is 5.43 Å². The standard InChI is InChI=1S/C23H24N2O3/c1-2-3-14-27-21-10-12-22(13-11-21)28-17-23(26)25-24-16-18-8-9-19-6-4-5-7-20(19)15-18/h4-13,15-16H,2-3,14,17H2,1H3,(H,25,26). The lowest BCUT2D eigenvalue weighted by atomic mass is 10.1. The second-order valence-corrected chi connectivity index (χ2v) is 6.36. The third kappa shape index (κ3) is 5.84. The van der Waals surface area contributed by atoms with Crippen molar-refractivity contribution >= 4 is 22.9 Å². The maximum atomic E-state index is 11.9. The number of carbonyl (C=O) groups excluding carboxylic acids is 1. The first-order valence-electron chi connectivity index (χ1n) is 9.41. The third-order valence-electron chi connectivity index (χ3n) is 4.14. The number of amides is 1. The van der Waals surface area contributed by atoms with Crippen molar-refractivity contribution < 1.29 is 14.3 Å². The summed E-state index contributed by atoms with van der Waals surface area (Å²) in [6.45, 7) is 2.72. The second-order valence-electron chi connectivity index (χ2n) is 6.36. The highest BCUT2D eigenvalue weighted by Gasteiger charge is 2.02. The molecule has 0 spiro atoms. The number of ether oxygens (including phenoxy) is 2. The van der Waals surface area contributed by atoms with E-state index in [1.54, 1.807) is 18.3 Å². The van der Waals surface area contributed by atoms with Crippen LogP contribution in [0.3, 0.4) is 0 Å². The molecular weight excluding hydrogens is 352 g/mol. The molecule has 0 heterocycles. The van der Waals surface area contributed by atoms with Crippen molar-refractivity contribution in [2.75, 3.05) is 13.2 Å². The Morgan fingerprint density at radius 1 is 0.964 bits per heavy atom. The van der Waals surface area contributed by atoms with Crippen LogP contribution in [0.4, 0.5) is 0 Å². The summed E-state index contributed by atoms with van der Waals surface area (Å²) in [5.74, 6) is 1.09. The first-order chi connectivity index (χ1) is 13.7. The van der Waals surface area contributed by atoms with Crippen LogP contribution in [-0.4, -0.2) is 25.3 Å². The number of hydrogen-bond donors (Lipinski definition) is 1. The van der Waals surface area contributed by atoms with E-state index in [9.17, 15) is 4.79 Å². The highest BCUT2D eigenvalue weighted by Crippen LogP contribution is 2.18. The molecule has 5 nitrogen and oxygen atoms in total. The molecule has 0 aromatic heterocycles. The summed E-state index contributed by atoms with van der Waals surface area (Å²) >= 11 is 0. The molecule has 3 aromatic carbocycles. The van der Waals surface area contributed by atoms with Gasteiger partial charge in [0, 0.05) is 0 Å². The van der Waals surface area contributed by atoms with E-state index >= 15 is 0 Å². The molecule has 3 rings (SSSR count). The fourth-order valence-corrected chi connectivity index (χ4v) is 2.61. The zero-order valence-corrected chi connectivity index (χ0v) is 15.9. The van der Waals surface area contributed by atoms with Gasteiger partial charge < -0.3 is 9.47 Å². The fraction of sp³-hybridized carbons (Fsp3) is 0.217. The van der Waals surface area contributed by atoms with Crippen molar-refractivity contribution in [3.63, 3.8) is 0 Å². The quantitative estimate of drug-likeness (QED) is 0.339. The molecule has 0 radical (unpaired) electrons. The molecule has 0 aliphatic rings. The number of nitrogens with one attached hydrogen (secondary N) is 1. The minimum Gasteiger partial charge on any atom is -0.494 e. The Labute approximate surface area is 165 Å². The Morgan fingerprint density at radius 2 is 1.68 bits per heavy atom. The number of carbonyl (C=O) groups is 1. The SMILES string of the molecule is CCCCOc1ccc(OCC(=O)NN=Cc2ccc3ccccc3c2)cc1. The van der Waals surface area contributed by atoms with E-state index < -0.39 is 0 Å². The van der Waals surface area contributed by atoms with Crippen molar-refractivity contribution in [2.24, 2.45) is 5.10 Å². The number of hydrazone groups is 1. The second kappa shape index (κ2) is 10.1. The molecule has 3 aromatic rings. The van der Waals surface area contributed by atoms with E-state index in [1.807, 2.05) is 48.5 Å². The molecule has 144 valence electrons. The molecule has 1 N–H and O–H groups in total. The average Bonchev–Trinajstić information content (AvgIpc) is 2.73. The van der Waals surface area contributed by atoms with Gasteiger partial charge in [0.2, 0.25) is 0 Å². The number of benzene rings is 3. The molecule has 0 bridgehead atoms. The van der Waals surface area contributed by atoms with Crippen molar-refractivity contribution in [2.45, 2.75) is 19.8 Å². The summed E-state index contributed by atoms with van der Waals surface area (Å²) in [6.07, 6.45) is 3.74. The first-order valence-corrected chi connectivity index (χ1v) is 9.41. The summed E-state index contributed by atoms with van der Waals surface area (Å²) in [6, 6.07) is 21.3. The smallest absolute Gasteiger partial charge is 0.277 e. The van der Waals surface area contributed by atoms with Gasteiger partial charge in [0.1, 0.15) is 11.5 Å². The molecule has 28 heavy (non-hydrogen) atoms. The van der Waals surface area contributed by atoms with Gasteiger partial charge in [-0.3, -0.25) is 4.79 Å². The predicted octanol–water partition coefficient (Wildman–Crippen LogP) is 4.55. The minimum absolute atomic E-state index is 0.106. The molecule has 0 atom stereocenters. The van der Waals surface area contributed by atoms with Crippen LogP contribution < -0.4 is 14.9 Å². The lowest BCUT2D eigenvalue weighted by Crippen LogP contribution is -2.24. The van der Waals surface area contributed by atoms with Crippen LogP contribution >= 0.6 is 0 Å². The molecule has 0 fully saturated rings. The summed E-state index contributed by atoms with van der Waals surface area (Å²) in [5, 5.41) is 6.29. The van der Waals surface area contributed by atoms with Crippen LogP contribution in [0.5, 0.6) is 11.5 Å². The maximum absolute atomic E-state index is 11.9. The van der Waals surface area contributed by atoms with E-state index in [-0.39, 0.29) is 12.5 Å². The van der Waals surface area contributed by atoms with Crippen LogP contribution in [0.15, 0.2) is 71.8 Å². The third-order valence-corrected chi connectivity index (χ3v) is 4.14. The van der Waals surface area contributed by atoms with Crippen LogP contribution in [-0.2, 0) is 4.79 Å². The molecule has 0 unspecified atom stereocenters. The summed E-state index contributed by atoms with van der Waals surface area (Å²) in [4.78, 5) is 11.9. The van der Waals surface area contributed by atoms with Crippen LogP contribution in [0.25, 0.3) is 10.8 Å². The van der Waals surface area contributed by atoms with Crippen LogP contribution in [0.1, 0.15) is 25.3 Å². The lowest BCUT2D eigenvalue weighted by Gasteiger charge is -2.07. The van der Waals surface area contributed by atoms with Crippen molar-refractivity contribution in [3.8, 4) is 11.5 Å². The molecule has 0 aliphatic carbocycles. The van der Waals surface area contributed by atoms with Crippen LogP contribution in [0, 0.1) is 0 Å². The Balaban J connectivity index is 1.44. The minimum atomic E-state index is -0.319. The van der Waals surface area contributed by atoms with Gasteiger partial charge in [-0.15, -0.1) is 0 Å². The number of fused-ring (bicyclic) bond motifs is 1. The molecule has 1 amide bonds. The summed E-state index contributed by atoms with van der Waals surface area (Å²) in [5.41, 5.74) is 3.39. The Hall–Kier alpha value is -3.34. The Kier molecular flexibility index (Phi) is 7.01. The molecule has 5 heteroatoms.